The molecule has 1 aliphatic heterocycles. The van der Waals surface area contributed by atoms with E-state index in [1.807, 2.05) is 42.5 Å². The van der Waals surface area contributed by atoms with Gasteiger partial charge < -0.3 is 30.2 Å². The number of ether oxygens (including phenoxy) is 3. The van der Waals surface area contributed by atoms with Crippen molar-refractivity contribution in [1.29, 1.82) is 5.26 Å². The Kier molecular flexibility index (Phi) is 8.39. The molecule has 9 nitrogen and oxygen atoms in total. The van der Waals surface area contributed by atoms with Crippen molar-refractivity contribution in [3.8, 4) is 11.8 Å². The molecular weight excluding hydrogens is 552 g/mol. The maximum absolute atomic E-state index is 9.80. The van der Waals surface area contributed by atoms with Crippen LogP contribution in [0.15, 0.2) is 60.8 Å². The Morgan fingerprint density at radius 3 is 2.61 bits per heavy atom. The topological polar surface area (TPSA) is 113 Å². The van der Waals surface area contributed by atoms with Gasteiger partial charge in [-0.05, 0) is 67.8 Å². The standard InChI is InChI=1S/C35H42N6O3/c1-42-30-10-6-5-9-25(30)19-38-34-39-20-28(18-36)32(41-34)40-22-35-15-23-13-26(16-35)31(27(14-23)17-35)37-21-29-11-12-43-33(44-29)24-7-3-2-4-8-24/h2-10,20,23,26-27,29,31,33,37H,11-17,19,21-22H2,1H3,(H2,38,39,40,41)/t23?,26-,27+,29?,31-,33?,35+. The van der Waals surface area contributed by atoms with Gasteiger partial charge in [0.05, 0.1) is 26.0 Å². The van der Waals surface area contributed by atoms with Crippen LogP contribution in [0.3, 0.4) is 0 Å². The summed E-state index contributed by atoms with van der Waals surface area (Å²) in [6, 6.07) is 21.0. The summed E-state index contributed by atoms with van der Waals surface area (Å²) in [7, 11) is 1.67. The molecule has 44 heavy (non-hydrogen) atoms. The minimum atomic E-state index is -0.276. The zero-order valence-corrected chi connectivity index (χ0v) is 25.4. The van der Waals surface area contributed by atoms with E-state index in [2.05, 4.69) is 39.1 Å². The van der Waals surface area contributed by atoms with Crippen molar-refractivity contribution < 1.29 is 14.2 Å². The van der Waals surface area contributed by atoms with Gasteiger partial charge in [-0.1, -0.05) is 48.5 Å². The van der Waals surface area contributed by atoms with Gasteiger partial charge in [0.15, 0.2) is 6.29 Å². The lowest BCUT2D eigenvalue weighted by atomic mass is 9.48. The molecule has 4 saturated carbocycles. The number of rotatable bonds is 11. The Bertz CT molecular complexity index is 1460. The van der Waals surface area contributed by atoms with Gasteiger partial charge in [-0.2, -0.15) is 10.2 Å². The van der Waals surface area contributed by atoms with Crippen LogP contribution in [0.4, 0.5) is 11.8 Å². The first-order chi connectivity index (χ1) is 21.6. The lowest BCUT2D eigenvalue weighted by Crippen LogP contribution is -2.60. The van der Waals surface area contributed by atoms with Gasteiger partial charge in [-0.15, -0.1) is 0 Å². The van der Waals surface area contributed by atoms with Crippen LogP contribution < -0.4 is 20.7 Å². The molecule has 8 rings (SSSR count). The normalized spacial score (nSPS) is 30.5. The maximum atomic E-state index is 9.80. The van der Waals surface area contributed by atoms with Gasteiger partial charge >= 0.3 is 0 Å². The summed E-state index contributed by atoms with van der Waals surface area (Å²) in [5, 5.41) is 20.7. The summed E-state index contributed by atoms with van der Waals surface area (Å²) in [5.74, 6) is 4.06. The van der Waals surface area contributed by atoms with Crippen LogP contribution in [0, 0.1) is 34.5 Å². The van der Waals surface area contributed by atoms with Gasteiger partial charge in [0.25, 0.3) is 0 Å². The highest BCUT2D eigenvalue weighted by molar-refractivity contribution is 5.53. The molecule has 1 aromatic heterocycles. The van der Waals surface area contributed by atoms with Gasteiger partial charge in [0.1, 0.15) is 23.2 Å². The van der Waals surface area contributed by atoms with E-state index in [4.69, 9.17) is 19.2 Å². The van der Waals surface area contributed by atoms with Crippen molar-refractivity contribution in [2.75, 3.05) is 37.4 Å². The largest absolute Gasteiger partial charge is 0.496 e. The van der Waals surface area contributed by atoms with Gasteiger partial charge in [-0.25, -0.2) is 4.98 Å². The second kappa shape index (κ2) is 12.7. The number of nitriles is 1. The number of para-hydroxylation sites is 1. The molecule has 0 radical (unpaired) electrons. The summed E-state index contributed by atoms with van der Waals surface area (Å²) in [4.78, 5) is 9.12. The maximum Gasteiger partial charge on any atom is 0.224 e. The third-order valence-corrected chi connectivity index (χ3v) is 10.2. The minimum Gasteiger partial charge on any atom is -0.496 e. The van der Waals surface area contributed by atoms with Crippen molar-refractivity contribution in [3.63, 3.8) is 0 Å². The summed E-state index contributed by atoms with van der Waals surface area (Å²) in [6.45, 7) is 2.97. The predicted molar refractivity (Wildman–Crippen MR) is 168 cm³/mol. The second-order valence-corrected chi connectivity index (χ2v) is 13.2. The van der Waals surface area contributed by atoms with Crippen molar-refractivity contribution in [2.45, 2.75) is 63.5 Å². The van der Waals surface area contributed by atoms with Crippen molar-refractivity contribution in [3.05, 3.63) is 77.5 Å². The number of nitrogens with zero attached hydrogens (tertiary/aromatic N) is 3. The average molecular weight is 595 g/mol. The number of anilines is 2. The number of hydrogen-bond donors (Lipinski definition) is 3. The summed E-state index contributed by atoms with van der Waals surface area (Å²) >= 11 is 0. The summed E-state index contributed by atoms with van der Waals surface area (Å²) in [6.07, 6.45) is 8.71. The van der Waals surface area contributed by atoms with Crippen LogP contribution in [0.1, 0.15) is 61.5 Å². The van der Waals surface area contributed by atoms with Crippen LogP contribution in [0.5, 0.6) is 5.75 Å². The SMILES string of the molecule is COc1ccccc1CNc1ncc(C#N)c(NC[C@@]23CC4C[C@H](C2)[C@@H](NCC2CCOC(c5ccccc5)O2)[C@@H](C4)C3)n1. The van der Waals surface area contributed by atoms with Gasteiger partial charge in [0.2, 0.25) is 5.95 Å². The monoisotopic (exact) mass is 594 g/mol. The molecule has 4 bridgehead atoms. The van der Waals surface area contributed by atoms with Crippen LogP contribution in [0.2, 0.25) is 0 Å². The predicted octanol–water partition coefficient (Wildman–Crippen LogP) is 5.67. The fourth-order valence-corrected chi connectivity index (χ4v) is 8.51. The molecule has 7 atom stereocenters. The third kappa shape index (κ3) is 6.12. The van der Waals surface area contributed by atoms with E-state index in [0.717, 1.165) is 48.9 Å². The molecule has 4 aliphatic carbocycles. The molecule has 2 heterocycles. The molecule has 5 aliphatic rings. The highest BCUT2D eigenvalue weighted by atomic mass is 16.7. The molecular formula is C35H42N6O3. The molecule has 230 valence electrons. The number of methoxy groups -OCH3 is 1. The molecule has 2 aromatic carbocycles. The first kappa shape index (κ1) is 29.0. The van der Waals surface area contributed by atoms with Gasteiger partial charge in [-0.3, -0.25) is 0 Å². The Labute approximate surface area is 259 Å². The zero-order chi connectivity index (χ0) is 29.9. The molecule has 5 fully saturated rings. The molecule has 0 amide bonds. The van der Waals surface area contributed by atoms with Crippen molar-refractivity contribution >= 4 is 11.8 Å². The van der Waals surface area contributed by atoms with E-state index in [-0.39, 0.29) is 17.8 Å². The first-order valence-electron chi connectivity index (χ1n) is 16.0. The summed E-state index contributed by atoms with van der Waals surface area (Å²) < 4.78 is 17.8. The number of aromatic nitrogens is 2. The Hall–Kier alpha value is -3.71. The van der Waals surface area contributed by atoms with E-state index in [9.17, 15) is 5.26 Å². The average Bonchev–Trinajstić information content (AvgIpc) is 3.06. The Balaban J connectivity index is 0.964. The molecule has 1 saturated heterocycles. The highest BCUT2D eigenvalue weighted by Gasteiger charge is 2.55. The van der Waals surface area contributed by atoms with Crippen LogP contribution in [-0.4, -0.2) is 48.9 Å². The van der Waals surface area contributed by atoms with Gasteiger partial charge in [0, 0.05) is 36.8 Å². The fourth-order valence-electron chi connectivity index (χ4n) is 8.51. The number of hydrogen-bond acceptors (Lipinski definition) is 9. The lowest BCUT2D eigenvalue weighted by Gasteiger charge is -2.60. The fraction of sp³-hybridized carbons (Fsp3) is 0.514. The van der Waals surface area contributed by atoms with Crippen LogP contribution in [-0.2, 0) is 16.0 Å². The Morgan fingerprint density at radius 1 is 1.02 bits per heavy atom. The molecule has 0 spiro atoms. The molecule has 9 heteroatoms. The van der Waals surface area contributed by atoms with E-state index in [0.29, 0.717) is 41.8 Å². The van der Waals surface area contributed by atoms with Crippen molar-refractivity contribution in [2.24, 2.45) is 23.2 Å². The lowest BCUT2D eigenvalue weighted by molar-refractivity contribution is -0.216. The molecule has 3 N–H and O–H groups in total. The number of nitrogens with one attached hydrogen (secondary N) is 3. The minimum absolute atomic E-state index is 0.162. The quantitative estimate of drug-likeness (QED) is 0.258. The van der Waals surface area contributed by atoms with E-state index in [1.165, 1.54) is 32.1 Å². The smallest absolute Gasteiger partial charge is 0.224 e. The van der Waals surface area contributed by atoms with E-state index < -0.39 is 0 Å². The zero-order valence-electron chi connectivity index (χ0n) is 25.4. The van der Waals surface area contributed by atoms with Crippen LogP contribution >= 0.6 is 0 Å². The van der Waals surface area contributed by atoms with E-state index in [1.54, 1.807) is 13.3 Å². The molecule has 3 aromatic rings. The van der Waals surface area contributed by atoms with Crippen LogP contribution in [0.25, 0.3) is 0 Å². The number of benzene rings is 2. The summed E-state index contributed by atoms with van der Waals surface area (Å²) in [5.41, 5.74) is 2.82. The van der Waals surface area contributed by atoms with E-state index >= 15 is 0 Å². The highest BCUT2D eigenvalue weighted by Crippen LogP contribution is 2.60. The molecule has 3 unspecified atom stereocenters. The third-order valence-electron chi connectivity index (χ3n) is 10.2. The Morgan fingerprint density at radius 2 is 1.82 bits per heavy atom. The van der Waals surface area contributed by atoms with Crippen molar-refractivity contribution in [1.82, 2.24) is 15.3 Å². The first-order valence-corrected chi connectivity index (χ1v) is 16.0. The second-order valence-electron chi connectivity index (χ2n) is 13.2.